The number of nitrogens with zero attached hydrogens (tertiary/aromatic N) is 2. The van der Waals surface area contributed by atoms with Gasteiger partial charge in [-0.2, -0.15) is 10.5 Å². The second kappa shape index (κ2) is 23.6. The number of allylic oxidation sites excluding steroid dienone is 2. The largest absolute Gasteiger partial charge is 0.373 e. The summed E-state index contributed by atoms with van der Waals surface area (Å²) in [5.74, 6) is 4.81. The first-order valence-corrected chi connectivity index (χ1v) is 24.3. The zero-order chi connectivity index (χ0) is 41.4. The topological polar surface area (TPSA) is 56.8 Å². The van der Waals surface area contributed by atoms with E-state index in [0.717, 1.165) is 72.3 Å². The number of nitriles is 2. The van der Waals surface area contributed by atoms with Crippen molar-refractivity contribution in [3.05, 3.63) is 82.4 Å². The number of unbranched alkanes of at least 4 members (excludes halogenated alkanes) is 4. The number of benzene rings is 2. The second-order valence-electron chi connectivity index (χ2n) is 19.3. The van der Waals surface area contributed by atoms with Crippen LogP contribution < -0.4 is 0 Å². The molecule has 59 heavy (non-hydrogen) atoms. The standard InChI is InChI=1S/C54H74F2N2O/c1-3-5-7-11-39-13-9-15-47(33-39)43-19-23-45(24-20-43)49(51-27-17-41(37-57)35-53(51)55)29-31-59-32-30-50(52-28-18-42(38-58)36-54(52)56)46-25-21-44(22-26-46)48-16-10-14-40(34-48)12-8-6-4-2/h17-18,27-30,35-36,39-40,43-48H,3-16,19-26,31-34H2,1-2H3/t39-,40-,43?,44?,45?,46?,47-,48-/m0/s1. The van der Waals surface area contributed by atoms with Gasteiger partial charge in [-0.15, -0.1) is 0 Å². The molecule has 0 radical (unpaired) electrons. The summed E-state index contributed by atoms with van der Waals surface area (Å²) in [5.41, 5.74) is 3.85. The summed E-state index contributed by atoms with van der Waals surface area (Å²) >= 11 is 0. The van der Waals surface area contributed by atoms with Gasteiger partial charge in [-0.1, -0.05) is 128 Å². The predicted octanol–water partition coefficient (Wildman–Crippen LogP) is 15.6. The van der Waals surface area contributed by atoms with E-state index in [1.54, 1.807) is 24.3 Å². The minimum Gasteiger partial charge on any atom is -0.373 e. The van der Waals surface area contributed by atoms with Crippen LogP contribution in [0.1, 0.15) is 190 Å². The molecule has 2 aromatic rings. The van der Waals surface area contributed by atoms with Crippen LogP contribution in [0.3, 0.4) is 0 Å². The molecule has 0 N–H and O–H groups in total. The number of ether oxygens (including phenoxy) is 1. The van der Waals surface area contributed by atoms with Crippen LogP contribution in [-0.2, 0) is 4.74 Å². The first kappa shape index (κ1) is 45.3. The molecular weight excluding hydrogens is 731 g/mol. The molecular formula is C54H74F2N2O. The van der Waals surface area contributed by atoms with Gasteiger partial charge in [0.15, 0.2) is 0 Å². The van der Waals surface area contributed by atoms with Gasteiger partial charge in [0.05, 0.1) is 36.5 Å². The monoisotopic (exact) mass is 805 g/mol. The van der Waals surface area contributed by atoms with E-state index in [4.69, 9.17) is 4.74 Å². The SMILES string of the molecule is CCCCC[C@H]1CCC[C@H](C2CCC(C(=CCOCC=C(c3ccc(C#N)cc3F)C3CCC([C@H]4CCC[C@H](CCCCC)C4)CC3)c3ccc(C#N)cc3F)CC2)C1. The van der Waals surface area contributed by atoms with Gasteiger partial charge in [-0.3, -0.25) is 0 Å². The molecule has 4 fully saturated rings. The van der Waals surface area contributed by atoms with E-state index in [-0.39, 0.29) is 23.5 Å². The van der Waals surface area contributed by atoms with Gasteiger partial charge < -0.3 is 4.74 Å². The van der Waals surface area contributed by atoms with Crippen LogP contribution in [0.2, 0.25) is 0 Å². The third-order valence-corrected chi connectivity index (χ3v) is 15.5. The molecule has 2 aromatic carbocycles. The van der Waals surface area contributed by atoms with Crippen molar-refractivity contribution < 1.29 is 13.5 Å². The van der Waals surface area contributed by atoms with Gasteiger partial charge in [-0.25, -0.2) is 8.78 Å². The first-order chi connectivity index (χ1) is 28.9. The van der Waals surface area contributed by atoms with Crippen molar-refractivity contribution in [2.24, 2.45) is 47.3 Å². The van der Waals surface area contributed by atoms with Gasteiger partial charge in [-0.05, 0) is 147 Å². The Morgan fingerprint density at radius 2 is 1.00 bits per heavy atom. The molecule has 0 bridgehead atoms. The lowest BCUT2D eigenvalue weighted by Crippen LogP contribution is -2.27. The third kappa shape index (κ3) is 12.9. The molecule has 4 atom stereocenters. The number of hydrogen-bond acceptors (Lipinski definition) is 3. The summed E-state index contributed by atoms with van der Waals surface area (Å²) in [6, 6.07) is 14.0. The highest BCUT2D eigenvalue weighted by molar-refractivity contribution is 5.70. The third-order valence-electron chi connectivity index (χ3n) is 15.5. The Hall–Kier alpha value is -3.28. The Morgan fingerprint density at radius 3 is 1.37 bits per heavy atom. The van der Waals surface area contributed by atoms with E-state index in [0.29, 0.717) is 35.5 Å². The first-order valence-electron chi connectivity index (χ1n) is 24.3. The average molecular weight is 805 g/mol. The Balaban J connectivity index is 1.11. The van der Waals surface area contributed by atoms with E-state index in [2.05, 4.69) is 38.1 Å². The molecule has 0 aliphatic heterocycles. The molecule has 6 rings (SSSR count). The van der Waals surface area contributed by atoms with E-state index in [1.807, 2.05) is 0 Å². The lowest BCUT2D eigenvalue weighted by atomic mass is 9.66. The van der Waals surface area contributed by atoms with Crippen molar-refractivity contribution in [2.45, 2.75) is 168 Å². The summed E-state index contributed by atoms with van der Waals surface area (Å²) in [6.45, 7) is 5.26. The normalized spacial score (nSPS) is 28.2. The lowest BCUT2D eigenvalue weighted by molar-refractivity contribution is 0.144. The predicted molar refractivity (Wildman–Crippen MR) is 239 cm³/mol. The van der Waals surface area contributed by atoms with Crippen LogP contribution in [0.25, 0.3) is 11.1 Å². The molecule has 4 aliphatic rings. The van der Waals surface area contributed by atoms with Crippen molar-refractivity contribution in [3.8, 4) is 12.1 Å². The van der Waals surface area contributed by atoms with Gasteiger partial charge in [0, 0.05) is 11.1 Å². The maximum Gasteiger partial charge on any atom is 0.132 e. The van der Waals surface area contributed by atoms with Crippen molar-refractivity contribution in [3.63, 3.8) is 0 Å². The zero-order valence-corrected chi connectivity index (χ0v) is 36.7. The van der Waals surface area contributed by atoms with E-state index in [9.17, 15) is 10.5 Å². The smallest absolute Gasteiger partial charge is 0.132 e. The highest BCUT2D eigenvalue weighted by Gasteiger charge is 2.35. The van der Waals surface area contributed by atoms with Crippen molar-refractivity contribution >= 4 is 11.1 Å². The van der Waals surface area contributed by atoms with Crippen LogP contribution in [0.5, 0.6) is 0 Å². The Morgan fingerprint density at radius 1 is 0.576 bits per heavy atom. The molecule has 0 unspecified atom stereocenters. The van der Waals surface area contributed by atoms with E-state index < -0.39 is 0 Å². The van der Waals surface area contributed by atoms with Crippen molar-refractivity contribution in [1.82, 2.24) is 0 Å². The summed E-state index contributed by atoms with van der Waals surface area (Å²) < 4.78 is 37.7. The van der Waals surface area contributed by atoms with Crippen molar-refractivity contribution in [1.29, 1.82) is 10.5 Å². The summed E-state index contributed by atoms with van der Waals surface area (Å²) in [4.78, 5) is 0. The Bertz CT molecular complexity index is 1620. The van der Waals surface area contributed by atoms with Gasteiger partial charge in [0.25, 0.3) is 0 Å². The van der Waals surface area contributed by atoms with E-state index >= 15 is 8.78 Å². The average Bonchev–Trinajstić information content (AvgIpc) is 3.27. The fourth-order valence-electron chi connectivity index (χ4n) is 12.2. The lowest BCUT2D eigenvalue weighted by Gasteiger charge is -2.39. The van der Waals surface area contributed by atoms with Crippen LogP contribution in [0, 0.1) is 81.6 Å². The number of hydrogen-bond donors (Lipinski definition) is 0. The molecule has 3 nitrogen and oxygen atoms in total. The van der Waals surface area contributed by atoms with Gasteiger partial charge in [0.1, 0.15) is 11.6 Å². The van der Waals surface area contributed by atoms with Crippen LogP contribution in [-0.4, -0.2) is 13.2 Å². The van der Waals surface area contributed by atoms with Crippen LogP contribution >= 0.6 is 0 Å². The maximum atomic E-state index is 15.7. The quantitative estimate of drug-likeness (QED) is 0.141. The zero-order valence-electron chi connectivity index (χ0n) is 36.7. The van der Waals surface area contributed by atoms with Gasteiger partial charge in [0.2, 0.25) is 0 Å². The highest BCUT2D eigenvalue weighted by atomic mass is 19.1. The molecule has 0 saturated heterocycles. The summed E-state index contributed by atoms with van der Waals surface area (Å²) in [5, 5.41) is 18.9. The molecule has 0 amide bonds. The van der Waals surface area contributed by atoms with Crippen LogP contribution in [0.15, 0.2) is 48.6 Å². The Kier molecular flexibility index (Phi) is 18.1. The Labute approximate surface area is 357 Å². The fourth-order valence-corrected chi connectivity index (χ4v) is 12.2. The van der Waals surface area contributed by atoms with Crippen LogP contribution in [0.4, 0.5) is 8.78 Å². The summed E-state index contributed by atoms with van der Waals surface area (Å²) in [6.07, 6.45) is 35.0. The molecule has 0 spiro atoms. The summed E-state index contributed by atoms with van der Waals surface area (Å²) in [7, 11) is 0. The maximum absolute atomic E-state index is 15.7. The molecule has 320 valence electrons. The minimum atomic E-state index is -0.339. The molecule has 0 aromatic heterocycles. The molecule has 4 aliphatic carbocycles. The minimum absolute atomic E-state index is 0.256. The van der Waals surface area contributed by atoms with Gasteiger partial charge >= 0.3 is 0 Å². The highest BCUT2D eigenvalue weighted by Crippen LogP contribution is 2.47. The number of rotatable bonds is 18. The molecule has 0 heterocycles. The second-order valence-corrected chi connectivity index (χ2v) is 19.3. The van der Waals surface area contributed by atoms with E-state index in [1.165, 1.54) is 141 Å². The fraction of sp³-hybridized carbons (Fsp3) is 0.667. The number of halogens is 2. The molecule has 4 saturated carbocycles. The van der Waals surface area contributed by atoms with Crippen molar-refractivity contribution in [2.75, 3.05) is 13.2 Å². The molecule has 5 heteroatoms.